The molecule has 0 N–H and O–H groups in total. The summed E-state index contributed by atoms with van der Waals surface area (Å²) < 4.78 is 35.4. The maximum absolute atomic E-state index is 11.8. The van der Waals surface area contributed by atoms with Crippen LogP contribution in [0.2, 0.25) is 0 Å². The number of hydrogen-bond acceptors (Lipinski definition) is 1. The first kappa shape index (κ1) is 9.26. The van der Waals surface area contributed by atoms with Crippen LogP contribution in [0.15, 0.2) is 4.99 Å². The summed E-state index contributed by atoms with van der Waals surface area (Å²) in [5.41, 5.74) is 0. The third-order valence-corrected chi connectivity index (χ3v) is 0.889. The third kappa shape index (κ3) is 2.24. The zero-order valence-electron chi connectivity index (χ0n) is 6.03. The summed E-state index contributed by atoms with van der Waals surface area (Å²) in [6.07, 6.45) is -4.34. The maximum Gasteiger partial charge on any atom is 0.448 e. The fraction of sp³-hybridized carbons (Fsp3) is 0.800. The first-order valence-electron chi connectivity index (χ1n) is 2.61. The van der Waals surface area contributed by atoms with Gasteiger partial charge in [0.2, 0.25) is 5.84 Å². The molecule has 0 aliphatic carbocycles. The molecule has 0 saturated heterocycles. The van der Waals surface area contributed by atoms with Crippen molar-refractivity contribution < 1.29 is 13.2 Å². The largest absolute Gasteiger partial charge is 0.448 e. The summed E-state index contributed by atoms with van der Waals surface area (Å²) in [6.45, 7) is 0. The van der Waals surface area contributed by atoms with Gasteiger partial charge in [0.25, 0.3) is 0 Å². The molecular formula is C5H9F3N2. The predicted molar refractivity (Wildman–Crippen MR) is 33.1 cm³/mol. The van der Waals surface area contributed by atoms with E-state index in [-0.39, 0.29) is 0 Å². The van der Waals surface area contributed by atoms with Crippen molar-refractivity contribution in [1.29, 1.82) is 0 Å². The highest BCUT2D eigenvalue weighted by atomic mass is 19.4. The lowest BCUT2D eigenvalue weighted by molar-refractivity contribution is -0.0669. The molecular weight excluding hydrogens is 145 g/mol. The molecule has 0 fully saturated rings. The molecule has 0 aliphatic heterocycles. The zero-order chi connectivity index (χ0) is 8.36. The number of aliphatic imine (C=N–C) groups is 1. The third-order valence-electron chi connectivity index (χ3n) is 0.889. The van der Waals surface area contributed by atoms with Crippen LogP contribution in [0.5, 0.6) is 0 Å². The highest BCUT2D eigenvalue weighted by Crippen LogP contribution is 2.17. The molecule has 60 valence electrons. The van der Waals surface area contributed by atoms with Crippen molar-refractivity contribution in [3.63, 3.8) is 0 Å². The number of rotatable bonds is 0. The van der Waals surface area contributed by atoms with Crippen molar-refractivity contribution in [2.75, 3.05) is 21.1 Å². The Bertz CT molecular complexity index is 136. The highest BCUT2D eigenvalue weighted by molar-refractivity contribution is 5.86. The Labute approximate surface area is 57.4 Å². The van der Waals surface area contributed by atoms with E-state index in [1.165, 1.54) is 14.1 Å². The average Bonchev–Trinajstić information content (AvgIpc) is 1.60. The van der Waals surface area contributed by atoms with E-state index in [2.05, 4.69) is 4.99 Å². The van der Waals surface area contributed by atoms with Crippen molar-refractivity contribution in [1.82, 2.24) is 4.90 Å². The first-order valence-corrected chi connectivity index (χ1v) is 2.61. The van der Waals surface area contributed by atoms with Gasteiger partial charge in [-0.05, 0) is 0 Å². The minimum atomic E-state index is -4.34. The molecule has 0 aromatic carbocycles. The predicted octanol–water partition coefficient (Wildman–Crippen LogP) is 1.14. The molecule has 0 unspecified atom stereocenters. The monoisotopic (exact) mass is 154 g/mol. The Hall–Kier alpha value is -0.740. The van der Waals surface area contributed by atoms with Crippen molar-refractivity contribution in [2.45, 2.75) is 6.18 Å². The van der Waals surface area contributed by atoms with E-state index in [1.54, 1.807) is 0 Å². The molecule has 5 heteroatoms. The smallest absolute Gasteiger partial charge is 0.359 e. The topological polar surface area (TPSA) is 15.6 Å². The zero-order valence-corrected chi connectivity index (χ0v) is 6.03. The van der Waals surface area contributed by atoms with Crippen LogP contribution in [0.4, 0.5) is 13.2 Å². The van der Waals surface area contributed by atoms with Crippen LogP contribution in [0.3, 0.4) is 0 Å². The van der Waals surface area contributed by atoms with Crippen LogP contribution in [0, 0.1) is 0 Å². The summed E-state index contributed by atoms with van der Waals surface area (Å²) in [5, 5.41) is 0. The molecule has 0 radical (unpaired) electrons. The number of amidine groups is 1. The van der Waals surface area contributed by atoms with Crippen LogP contribution in [0.1, 0.15) is 0 Å². The second kappa shape index (κ2) is 2.90. The van der Waals surface area contributed by atoms with Gasteiger partial charge in [-0.1, -0.05) is 0 Å². The molecule has 0 saturated carbocycles. The molecule has 10 heavy (non-hydrogen) atoms. The van der Waals surface area contributed by atoms with Gasteiger partial charge < -0.3 is 4.90 Å². The van der Waals surface area contributed by atoms with E-state index in [9.17, 15) is 13.2 Å². The Morgan fingerprint density at radius 1 is 1.30 bits per heavy atom. The van der Waals surface area contributed by atoms with Gasteiger partial charge in [-0.15, -0.1) is 0 Å². The summed E-state index contributed by atoms with van der Waals surface area (Å²) in [5.74, 6) is -0.868. The lowest BCUT2D eigenvalue weighted by Crippen LogP contribution is -2.35. The van der Waals surface area contributed by atoms with Gasteiger partial charge in [-0.25, -0.2) is 0 Å². The summed E-state index contributed by atoms with van der Waals surface area (Å²) in [7, 11) is 3.72. The van der Waals surface area contributed by atoms with E-state index in [0.29, 0.717) is 0 Å². The Balaban J connectivity index is 4.40. The van der Waals surface area contributed by atoms with Crippen molar-refractivity contribution in [3.8, 4) is 0 Å². The quantitative estimate of drug-likeness (QED) is 0.377. The number of halogens is 3. The van der Waals surface area contributed by atoms with Gasteiger partial charge in [0.05, 0.1) is 0 Å². The summed E-state index contributed by atoms with van der Waals surface area (Å²) in [4.78, 5) is 4.01. The van der Waals surface area contributed by atoms with Crippen LogP contribution < -0.4 is 0 Å². The van der Waals surface area contributed by atoms with Crippen molar-refractivity contribution >= 4 is 5.84 Å². The van der Waals surface area contributed by atoms with Crippen LogP contribution in [-0.4, -0.2) is 38.1 Å². The van der Waals surface area contributed by atoms with Gasteiger partial charge in [0.15, 0.2) is 0 Å². The Morgan fingerprint density at radius 3 is 1.70 bits per heavy atom. The van der Waals surface area contributed by atoms with Crippen molar-refractivity contribution in [2.24, 2.45) is 4.99 Å². The average molecular weight is 154 g/mol. The molecule has 0 atom stereocenters. The standard InChI is InChI=1S/C5H9F3N2/c1-9-4(10(2)3)5(6,7)8/h1-3H3/b9-4-. The minimum absolute atomic E-state index is 0.868. The van der Waals surface area contributed by atoms with Gasteiger partial charge in [-0.3, -0.25) is 4.99 Å². The fourth-order valence-electron chi connectivity index (χ4n) is 0.580. The van der Waals surface area contributed by atoms with Gasteiger partial charge in [0.1, 0.15) is 0 Å². The molecule has 0 bridgehead atoms. The Morgan fingerprint density at radius 2 is 1.70 bits per heavy atom. The SMILES string of the molecule is C/N=C(\N(C)C)C(F)(F)F. The summed E-state index contributed by atoms with van der Waals surface area (Å²) >= 11 is 0. The van der Waals surface area contributed by atoms with E-state index < -0.39 is 12.0 Å². The molecule has 0 aromatic rings. The normalized spacial score (nSPS) is 13.6. The first-order chi connectivity index (χ1) is 4.39. The number of hydrogen-bond donors (Lipinski definition) is 0. The molecule has 0 heterocycles. The van der Waals surface area contributed by atoms with E-state index in [4.69, 9.17) is 0 Å². The lowest BCUT2D eigenvalue weighted by Gasteiger charge is -2.16. The fourth-order valence-corrected chi connectivity index (χ4v) is 0.580. The van der Waals surface area contributed by atoms with E-state index in [1.807, 2.05) is 0 Å². The molecule has 0 spiro atoms. The minimum Gasteiger partial charge on any atom is -0.359 e. The number of nitrogens with zero attached hydrogens (tertiary/aromatic N) is 2. The van der Waals surface area contributed by atoms with Crippen LogP contribution in [-0.2, 0) is 0 Å². The van der Waals surface area contributed by atoms with Gasteiger partial charge >= 0.3 is 6.18 Å². The highest BCUT2D eigenvalue weighted by Gasteiger charge is 2.36. The second-order valence-electron chi connectivity index (χ2n) is 1.94. The molecule has 0 aromatic heterocycles. The maximum atomic E-state index is 11.8. The van der Waals surface area contributed by atoms with E-state index >= 15 is 0 Å². The molecule has 0 rings (SSSR count). The second-order valence-corrected chi connectivity index (χ2v) is 1.94. The van der Waals surface area contributed by atoms with Crippen molar-refractivity contribution in [3.05, 3.63) is 0 Å². The van der Waals surface area contributed by atoms with Gasteiger partial charge in [-0.2, -0.15) is 13.2 Å². The van der Waals surface area contributed by atoms with E-state index in [0.717, 1.165) is 11.9 Å². The van der Waals surface area contributed by atoms with Crippen LogP contribution >= 0.6 is 0 Å². The molecule has 0 aliphatic rings. The Kier molecular flexibility index (Phi) is 2.68. The van der Waals surface area contributed by atoms with Crippen LogP contribution in [0.25, 0.3) is 0 Å². The summed E-state index contributed by atoms with van der Waals surface area (Å²) in [6, 6.07) is 0. The van der Waals surface area contributed by atoms with Gasteiger partial charge in [0, 0.05) is 21.1 Å². The molecule has 2 nitrogen and oxygen atoms in total. The number of alkyl halides is 3. The lowest BCUT2D eigenvalue weighted by atomic mass is 10.5. The molecule has 0 amide bonds.